The van der Waals surface area contributed by atoms with Crippen LogP contribution in [0.1, 0.15) is 10.6 Å². The lowest BCUT2D eigenvalue weighted by atomic mass is 10.3. The van der Waals surface area contributed by atoms with E-state index in [2.05, 4.69) is 20.9 Å². The van der Waals surface area contributed by atoms with Crippen LogP contribution in [0.4, 0.5) is 11.4 Å². The molecule has 1 amide bonds. The number of anilines is 2. The lowest BCUT2D eigenvalue weighted by molar-refractivity contribution is 0.0965. The van der Waals surface area contributed by atoms with E-state index < -0.39 is 0 Å². The number of rotatable bonds is 2. The molecule has 2 N–H and O–H groups in total. The Balaban J connectivity index is 2.29. The maximum atomic E-state index is 12.0. The molecule has 0 fully saturated rings. The number of carbonyl (C=O) groups excluding carboxylic acids is 1. The fourth-order valence-corrected chi connectivity index (χ4v) is 1.72. The summed E-state index contributed by atoms with van der Waals surface area (Å²) in [4.78, 5) is 17.3. The molecular weight excluding hydrogens is 286 g/mol. The highest BCUT2D eigenvalue weighted by Crippen LogP contribution is 2.23. The number of aromatic nitrogens is 1. The maximum absolute atomic E-state index is 12.0. The molecule has 2 rings (SSSR count). The summed E-state index contributed by atoms with van der Waals surface area (Å²) in [5, 5.41) is 0. The minimum absolute atomic E-state index is 0.246. The minimum Gasteiger partial charge on any atom is -0.444 e. The smallest absolute Gasteiger partial charge is 0.293 e. The lowest BCUT2D eigenvalue weighted by Gasteiger charge is -2.17. The Kier molecular flexibility index (Phi) is 3.14. The third-order valence-electron chi connectivity index (χ3n) is 2.28. The van der Waals surface area contributed by atoms with Crippen LogP contribution in [0.3, 0.4) is 0 Å². The number of nitrogen functional groups attached to an aromatic ring is 1. The molecule has 0 aliphatic heterocycles. The first-order chi connectivity index (χ1) is 8.09. The number of hydrogen-bond acceptors (Lipinski definition) is 4. The molecule has 2 aromatic heterocycles. The van der Waals surface area contributed by atoms with Crippen molar-refractivity contribution in [1.29, 1.82) is 0 Å². The van der Waals surface area contributed by atoms with Gasteiger partial charge in [0.25, 0.3) is 5.91 Å². The standard InChI is InChI=1S/C11H10BrN3O2/c1-15(8-4-5-14-6-7(8)13)11(16)9-2-3-10(12)17-9/h2-6H,13H2,1H3. The Morgan fingerprint density at radius 3 is 2.82 bits per heavy atom. The molecule has 0 atom stereocenters. The van der Waals surface area contributed by atoms with Gasteiger partial charge in [-0.05, 0) is 34.1 Å². The van der Waals surface area contributed by atoms with Gasteiger partial charge in [-0.25, -0.2) is 0 Å². The van der Waals surface area contributed by atoms with Crippen LogP contribution in [0, 0.1) is 0 Å². The Labute approximate surface area is 106 Å². The zero-order valence-corrected chi connectivity index (χ0v) is 10.6. The molecular formula is C11H10BrN3O2. The topological polar surface area (TPSA) is 72.4 Å². The number of nitrogens with two attached hydrogens (primary N) is 1. The Morgan fingerprint density at radius 1 is 1.47 bits per heavy atom. The van der Waals surface area contributed by atoms with Crippen molar-refractivity contribution in [2.45, 2.75) is 0 Å². The first kappa shape index (κ1) is 11.7. The molecule has 0 aromatic carbocycles. The molecule has 0 saturated carbocycles. The largest absolute Gasteiger partial charge is 0.444 e. The summed E-state index contributed by atoms with van der Waals surface area (Å²) in [6.07, 6.45) is 3.07. The molecule has 0 unspecified atom stereocenters. The van der Waals surface area contributed by atoms with E-state index in [9.17, 15) is 4.79 Å². The summed E-state index contributed by atoms with van der Waals surface area (Å²) in [5.41, 5.74) is 6.78. The number of hydrogen-bond donors (Lipinski definition) is 1. The van der Waals surface area contributed by atoms with Gasteiger partial charge in [0, 0.05) is 13.2 Å². The number of amides is 1. The number of pyridine rings is 1. The highest BCUT2D eigenvalue weighted by Gasteiger charge is 2.18. The van der Waals surface area contributed by atoms with Gasteiger partial charge in [-0.15, -0.1) is 0 Å². The molecule has 88 valence electrons. The van der Waals surface area contributed by atoms with E-state index in [4.69, 9.17) is 10.2 Å². The van der Waals surface area contributed by atoms with Gasteiger partial charge in [-0.3, -0.25) is 9.78 Å². The van der Waals surface area contributed by atoms with Gasteiger partial charge in [0.1, 0.15) is 0 Å². The molecule has 0 bridgehead atoms. The van der Waals surface area contributed by atoms with E-state index in [1.807, 2.05) is 0 Å². The third-order valence-corrected chi connectivity index (χ3v) is 2.70. The van der Waals surface area contributed by atoms with Gasteiger partial charge in [-0.2, -0.15) is 0 Å². The number of carbonyl (C=O) groups is 1. The van der Waals surface area contributed by atoms with Crippen LogP contribution >= 0.6 is 15.9 Å². The molecule has 17 heavy (non-hydrogen) atoms. The quantitative estimate of drug-likeness (QED) is 0.923. The molecule has 0 aliphatic carbocycles. The molecule has 0 aliphatic rings. The second-order valence-corrected chi connectivity index (χ2v) is 4.18. The van der Waals surface area contributed by atoms with E-state index >= 15 is 0 Å². The molecule has 6 heteroatoms. The molecule has 0 saturated heterocycles. The first-order valence-electron chi connectivity index (χ1n) is 4.82. The summed E-state index contributed by atoms with van der Waals surface area (Å²) in [5.74, 6) is -0.0239. The van der Waals surface area contributed by atoms with E-state index in [-0.39, 0.29) is 11.7 Å². The van der Waals surface area contributed by atoms with Crippen LogP contribution in [0.2, 0.25) is 0 Å². The predicted molar refractivity (Wildman–Crippen MR) is 67.8 cm³/mol. The van der Waals surface area contributed by atoms with Crippen molar-refractivity contribution >= 4 is 33.2 Å². The molecule has 2 aromatic rings. The fraction of sp³-hybridized carbons (Fsp3) is 0.0909. The Hall–Kier alpha value is -1.82. The summed E-state index contributed by atoms with van der Waals surface area (Å²) >= 11 is 3.15. The highest BCUT2D eigenvalue weighted by atomic mass is 79.9. The van der Waals surface area contributed by atoms with E-state index in [0.717, 1.165) is 0 Å². The van der Waals surface area contributed by atoms with Crippen LogP contribution in [-0.2, 0) is 0 Å². The second kappa shape index (κ2) is 4.58. The SMILES string of the molecule is CN(C(=O)c1ccc(Br)o1)c1ccncc1N. The van der Waals surface area contributed by atoms with Gasteiger partial charge in [-0.1, -0.05) is 0 Å². The van der Waals surface area contributed by atoms with Crippen LogP contribution in [0.25, 0.3) is 0 Å². The number of furan rings is 1. The summed E-state index contributed by atoms with van der Waals surface area (Å²) in [6.45, 7) is 0. The van der Waals surface area contributed by atoms with Crippen LogP contribution in [0.5, 0.6) is 0 Å². The van der Waals surface area contributed by atoms with E-state index in [1.54, 1.807) is 31.4 Å². The lowest BCUT2D eigenvalue weighted by Crippen LogP contribution is -2.26. The molecule has 5 nitrogen and oxygen atoms in total. The zero-order valence-electron chi connectivity index (χ0n) is 9.05. The third kappa shape index (κ3) is 2.31. The van der Waals surface area contributed by atoms with Crippen molar-refractivity contribution in [2.24, 2.45) is 0 Å². The summed E-state index contributed by atoms with van der Waals surface area (Å²) < 4.78 is 5.71. The normalized spacial score (nSPS) is 10.2. The van der Waals surface area contributed by atoms with Crippen molar-refractivity contribution in [3.05, 3.63) is 41.0 Å². The van der Waals surface area contributed by atoms with Gasteiger partial charge < -0.3 is 15.1 Å². The van der Waals surface area contributed by atoms with Crippen molar-refractivity contribution in [3.63, 3.8) is 0 Å². The van der Waals surface area contributed by atoms with E-state index in [1.165, 1.54) is 11.1 Å². The second-order valence-electron chi connectivity index (χ2n) is 3.40. The summed E-state index contributed by atoms with van der Waals surface area (Å²) in [7, 11) is 1.63. The summed E-state index contributed by atoms with van der Waals surface area (Å²) in [6, 6.07) is 4.93. The monoisotopic (exact) mass is 295 g/mol. The predicted octanol–water partition coefficient (Wildman–Crippen LogP) is 2.30. The van der Waals surface area contributed by atoms with E-state index in [0.29, 0.717) is 16.0 Å². The zero-order chi connectivity index (χ0) is 12.4. The van der Waals surface area contributed by atoms with Crippen molar-refractivity contribution < 1.29 is 9.21 Å². The van der Waals surface area contributed by atoms with Gasteiger partial charge in [0.2, 0.25) is 0 Å². The average molecular weight is 296 g/mol. The van der Waals surface area contributed by atoms with Crippen molar-refractivity contribution in [3.8, 4) is 0 Å². The number of halogens is 1. The minimum atomic E-state index is -0.270. The van der Waals surface area contributed by atoms with Crippen molar-refractivity contribution in [2.75, 3.05) is 17.7 Å². The maximum Gasteiger partial charge on any atom is 0.293 e. The number of nitrogens with zero attached hydrogens (tertiary/aromatic N) is 2. The van der Waals surface area contributed by atoms with Crippen molar-refractivity contribution in [1.82, 2.24) is 4.98 Å². The Morgan fingerprint density at radius 2 is 2.24 bits per heavy atom. The van der Waals surface area contributed by atoms with Gasteiger partial charge in [0.15, 0.2) is 10.4 Å². The molecule has 0 radical (unpaired) electrons. The van der Waals surface area contributed by atoms with Gasteiger partial charge >= 0.3 is 0 Å². The molecule has 0 spiro atoms. The highest BCUT2D eigenvalue weighted by molar-refractivity contribution is 9.10. The Bertz CT molecular complexity index is 553. The first-order valence-corrected chi connectivity index (χ1v) is 5.62. The van der Waals surface area contributed by atoms with Gasteiger partial charge in [0.05, 0.1) is 17.6 Å². The van der Waals surface area contributed by atoms with Crippen LogP contribution in [-0.4, -0.2) is 17.9 Å². The van der Waals surface area contributed by atoms with Crippen LogP contribution < -0.4 is 10.6 Å². The average Bonchev–Trinajstić information content (AvgIpc) is 2.75. The fourth-order valence-electron chi connectivity index (χ4n) is 1.41. The van der Waals surface area contributed by atoms with Crippen LogP contribution in [0.15, 0.2) is 39.7 Å². The molecule has 2 heterocycles.